The molecule has 0 aliphatic carbocycles. The summed E-state index contributed by atoms with van der Waals surface area (Å²) in [6.07, 6.45) is 5.54. The number of rotatable bonds is 5. The lowest BCUT2D eigenvalue weighted by Crippen LogP contribution is -2.46. The fourth-order valence-corrected chi connectivity index (χ4v) is 2.65. The Morgan fingerprint density at radius 3 is 2.76 bits per heavy atom. The van der Waals surface area contributed by atoms with Gasteiger partial charge in [-0.15, -0.1) is 12.4 Å². The summed E-state index contributed by atoms with van der Waals surface area (Å²) in [5.41, 5.74) is 1.25. The maximum absolute atomic E-state index is 12.5. The highest BCUT2D eigenvalue weighted by atomic mass is 35.5. The van der Waals surface area contributed by atoms with Gasteiger partial charge in [-0.2, -0.15) is 0 Å². The van der Waals surface area contributed by atoms with Crippen LogP contribution in [0.5, 0.6) is 0 Å². The minimum Gasteiger partial charge on any atom is -0.337 e. The van der Waals surface area contributed by atoms with Gasteiger partial charge in [0.1, 0.15) is 0 Å². The fraction of sp³-hybridized carbons (Fsp3) is 0.353. The average Bonchev–Trinajstić information content (AvgIpc) is 3.14. The number of nitrogens with one attached hydrogen (secondary N) is 2. The Kier molecular flexibility index (Phi) is 6.97. The number of amides is 2. The van der Waals surface area contributed by atoms with E-state index in [4.69, 9.17) is 0 Å². The van der Waals surface area contributed by atoms with Crippen LogP contribution in [-0.2, 0) is 11.3 Å². The first-order valence-corrected chi connectivity index (χ1v) is 8.08. The third-order valence-corrected chi connectivity index (χ3v) is 3.95. The molecule has 2 aromatic rings. The summed E-state index contributed by atoms with van der Waals surface area (Å²) < 4.78 is 1.85. The first-order valence-electron chi connectivity index (χ1n) is 8.08. The highest BCUT2D eigenvalue weighted by Gasteiger charge is 2.18. The Morgan fingerprint density at radius 1 is 1.24 bits per heavy atom. The number of imidazole rings is 1. The number of carbonyl (C=O) groups excluding carboxylic acids is 2. The van der Waals surface area contributed by atoms with E-state index < -0.39 is 0 Å². The van der Waals surface area contributed by atoms with Crippen LogP contribution in [0.4, 0.5) is 5.69 Å². The second kappa shape index (κ2) is 9.19. The molecule has 1 aromatic heterocycles. The fourth-order valence-electron chi connectivity index (χ4n) is 2.65. The van der Waals surface area contributed by atoms with E-state index >= 15 is 0 Å². The predicted octanol–water partition coefficient (Wildman–Crippen LogP) is 1.38. The van der Waals surface area contributed by atoms with Gasteiger partial charge in [0.05, 0.1) is 6.33 Å². The number of nitrogens with zero attached hydrogens (tertiary/aromatic N) is 3. The summed E-state index contributed by atoms with van der Waals surface area (Å²) in [6, 6.07) is 7.11. The number of benzene rings is 1. The molecule has 2 N–H and O–H groups in total. The van der Waals surface area contributed by atoms with Crippen molar-refractivity contribution in [2.24, 2.45) is 0 Å². The zero-order chi connectivity index (χ0) is 16.8. The third-order valence-electron chi connectivity index (χ3n) is 3.95. The van der Waals surface area contributed by atoms with E-state index in [-0.39, 0.29) is 24.2 Å². The summed E-state index contributed by atoms with van der Waals surface area (Å²) >= 11 is 0. The minimum absolute atomic E-state index is 0. The Hall–Kier alpha value is -2.38. The van der Waals surface area contributed by atoms with Crippen molar-refractivity contribution in [3.63, 3.8) is 0 Å². The normalized spacial score (nSPS) is 13.8. The number of halogens is 1. The van der Waals surface area contributed by atoms with Crippen molar-refractivity contribution >= 4 is 29.9 Å². The Bertz CT molecular complexity index is 699. The molecule has 7 nitrogen and oxygen atoms in total. The molecule has 3 rings (SSSR count). The lowest BCUT2D eigenvalue weighted by molar-refractivity contribution is -0.116. The molecule has 0 spiro atoms. The van der Waals surface area contributed by atoms with Gasteiger partial charge in [-0.3, -0.25) is 9.59 Å². The van der Waals surface area contributed by atoms with E-state index in [9.17, 15) is 9.59 Å². The Balaban J connectivity index is 0.00000225. The number of carbonyl (C=O) groups is 2. The number of anilines is 1. The van der Waals surface area contributed by atoms with Crippen LogP contribution >= 0.6 is 12.4 Å². The molecule has 134 valence electrons. The first-order chi connectivity index (χ1) is 11.7. The molecule has 8 heteroatoms. The van der Waals surface area contributed by atoms with Gasteiger partial charge < -0.3 is 20.1 Å². The monoisotopic (exact) mass is 363 g/mol. The van der Waals surface area contributed by atoms with E-state index in [1.165, 1.54) is 0 Å². The van der Waals surface area contributed by atoms with Crippen LogP contribution in [0.25, 0.3) is 0 Å². The molecular formula is C17H22ClN5O2. The van der Waals surface area contributed by atoms with Gasteiger partial charge >= 0.3 is 0 Å². The molecule has 0 radical (unpaired) electrons. The van der Waals surface area contributed by atoms with Crippen molar-refractivity contribution in [3.8, 4) is 0 Å². The van der Waals surface area contributed by atoms with Crippen LogP contribution in [0.1, 0.15) is 16.8 Å². The topological polar surface area (TPSA) is 79.3 Å². The smallest absolute Gasteiger partial charge is 0.254 e. The quantitative estimate of drug-likeness (QED) is 0.841. The lowest BCUT2D eigenvalue weighted by atomic mass is 10.1. The molecule has 25 heavy (non-hydrogen) atoms. The number of hydrogen-bond acceptors (Lipinski definition) is 4. The van der Waals surface area contributed by atoms with Crippen molar-refractivity contribution < 1.29 is 9.59 Å². The Morgan fingerprint density at radius 2 is 2.04 bits per heavy atom. The SMILES string of the molecule is Cl.O=C(CCn1ccnc1)Nc1cccc(C(=O)N2CCNCC2)c1. The van der Waals surface area contributed by atoms with Gasteiger partial charge in [0, 0.05) is 62.8 Å². The Labute approximate surface area is 152 Å². The van der Waals surface area contributed by atoms with Crippen LogP contribution in [0.15, 0.2) is 43.0 Å². The van der Waals surface area contributed by atoms with Gasteiger partial charge in [-0.05, 0) is 18.2 Å². The van der Waals surface area contributed by atoms with Gasteiger partial charge in [-0.25, -0.2) is 4.98 Å². The van der Waals surface area contributed by atoms with E-state index in [0.29, 0.717) is 37.3 Å². The number of aryl methyl sites for hydroxylation is 1. The molecule has 2 heterocycles. The van der Waals surface area contributed by atoms with Gasteiger partial charge in [0.15, 0.2) is 0 Å². The highest BCUT2D eigenvalue weighted by molar-refractivity contribution is 5.97. The van der Waals surface area contributed by atoms with Crippen LogP contribution in [0.2, 0.25) is 0 Å². The maximum Gasteiger partial charge on any atom is 0.254 e. The van der Waals surface area contributed by atoms with Crippen LogP contribution in [-0.4, -0.2) is 52.4 Å². The molecule has 1 aliphatic heterocycles. The van der Waals surface area contributed by atoms with E-state index in [1.807, 2.05) is 15.7 Å². The number of hydrogen-bond donors (Lipinski definition) is 2. The molecule has 1 fully saturated rings. The number of aromatic nitrogens is 2. The average molecular weight is 364 g/mol. The van der Waals surface area contributed by atoms with Gasteiger partial charge in [0.2, 0.25) is 5.91 Å². The van der Waals surface area contributed by atoms with E-state index in [1.54, 1.807) is 36.8 Å². The maximum atomic E-state index is 12.5. The van der Waals surface area contributed by atoms with Gasteiger partial charge in [-0.1, -0.05) is 6.07 Å². The zero-order valence-electron chi connectivity index (χ0n) is 13.9. The molecular weight excluding hydrogens is 342 g/mol. The van der Waals surface area contributed by atoms with Crippen LogP contribution < -0.4 is 10.6 Å². The molecule has 0 saturated carbocycles. The zero-order valence-corrected chi connectivity index (χ0v) is 14.7. The largest absolute Gasteiger partial charge is 0.337 e. The van der Waals surface area contributed by atoms with Crippen LogP contribution in [0.3, 0.4) is 0 Å². The van der Waals surface area contributed by atoms with Crippen molar-refractivity contribution in [3.05, 3.63) is 48.5 Å². The molecule has 1 aliphatic rings. The summed E-state index contributed by atoms with van der Waals surface area (Å²) in [5, 5.41) is 6.07. The lowest BCUT2D eigenvalue weighted by Gasteiger charge is -2.27. The molecule has 1 saturated heterocycles. The van der Waals surface area contributed by atoms with Crippen molar-refractivity contribution in [2.75, 3.05) is 31.5 Å². The van der Waals surface area contributed by atoms with Crippen molar-refractivity contribution in [2.45, 2.75) is 13.0 Å². The summed E-state index contributed by atoms with van der Waals surface area (Å²) in [7, 11) is 0. The molecule has 2 amide bonds. The van der Waals surface area contributed by atoms with Gasteiger partial charge in [0.25, 0.3) is 5.91 Å². The standard InChI is InChI=1S/C17H21N5O2.ClH/c23-16(4-8-21-9-5-19-13-21)20-15-3-1-2-14(12-15)17(24)22-10-6-18-7-11-22;/h1-3,5,9,12-13,18H,4,6-8,10-11H2,(H,20,23);1H. The third kappa shape index (κ3) is 5.30. The predicted molar refractivity (Wildman–Crippen MR) is 97.9 cm³/mol. The first kappa shape index (κ1) is 19.0. The second-order valence-electron chi connectivity index (χ2n) is 5.72. The van der Waals surface area contributed by atoms with Crippen molar-refractivity contribution in [1.29, 1.82) is 0 Å². The summed E-state index contributed by atoms with van der Waals surface area (Å²) in [5.74, 6) is -0.0820. The minimum atomic E-state index is -0.0875. The van der Waals surface area contributed by atoms with Crippen LogP contribution in [0, 0.1) is 0 Å². The summed E-state index contributed by atoms with van der Waals surface area (Å²) in [6.45, 7) is 3.62. The summed E-state index contributed by atoms with van der Waals surface area (Å²) in [4.78, 5) is 30.3. The van der Waals surface area contributed by atoms with E-state index in [0.717, 1.165) is 13.1 Å². The van der Waals surface area contributed by atoms with E-state index in [2.05, 4.69) is 15.6 Å². The van der Waals surface area contributed by atoms with Crippen molar-refractivity contribution in [1.82, 2.24) is 19.8 Å². The molecule has 0 bridgehead atoms. The number of piperazine rings is 1. The molecule has 0 atom stereocenters. The molecule has 1 aromatic carbocycles. The second-order valence-corrected chi connectivity index (χ2v) is 5.72. The highest BCUT2D eigenvalue weighted by Crippen LogP contribution is 2.14. The molecule has 0 unspecified atom stereocenters.